The van der Waals surface area contributed by atoms with Crippen LogP contribution in [0, 0.1) is 17.7 Å². The zero-order chi connectivity index (χ0) is 22.8. The maximum Gasteiger partial charge on any atom is 0.132 e. The lowest BCUT2D eigenvalue weighted by Gasteiger charge is -2.26. The Morgan fingerprint density at radius 1 is 0.906 bits per heavy atom. The molecule has 0 bridgehead atoms. The number of carboxylic acid groups (broad SMARTS) is 1. The standard InChI is InChI=1S/C28H28FNO2/c1-2-3-4-8-19-30(25-17-18-27(29)26(20-25)28(31)32)21-24-15-13-23(14-16-24)12-11-22-9-6-5-7-10-22/h5-7,9-10,13-18,20H,2-4,8,19,21H2,1H3,(H,31,32)/p-1. The second kappa shape index (κ2) is 11.7. The summed E-state index contributed by atoms with van der Waals surface area (Å²) in [7, 11) is 0. The molecule has 3 aromatic rings. The average Bonchev–Trinajstić information content (AvgIpc) is 2.81. The summed E-state index contributed by atoms with van der Waals surface area (Å²) in [5.74, 6) is 4.04. The number of carbonyl (C=O) groups excluding carboxylic acids is 1. The maximum absolute atomic E-state index is 13.9. The van der Waals surface area contributed by atoms with E-state index in [1.807, 2.05) is 54.6 Å². The number of aromatic carboxylic acids is 1. The molecule has 0 radical (unpaired) electrons. The van der Waals surface area contributed by atoms with E-state index in [0.717, 1.165) is 48.9 Å². The molecule has 0 aliphatic carbocycles. The van der Waals surface area contributed by atoms with E-state index >= 15 is 0 Å². The lowest BCUT2D eigenvalue weighted by Crippen LogP contribution is -2.27. The van der Waals surface area contributed by atoms with Crippen LogP contribution < -0.4 is 10.0 Å². The normalized spacial score (nSPS) is 10.3. The highest BCUT2D eigenvalue weighted by Gasteiger charge is 2.11. The first-order valence-corrected chi connectivity index (χ1v) is 11.0. The Bertz CT molecular complexity index is 1080. The fraction of sp³-hybridized carbons (Fsp3) is 0.250. The third-order valence-corrected chi connectivity index (χ3v) is 5.27. The van der Waals surface area contributed by atoms with E-state index in [1.54, 1.807) is 6.07 Å². The Morgan fingerprint density at radius 2 is 1.59 bits per heavy atom. The van der Waals surface area contributed by atoms with Gasteiger partial charge in [-0.2, -0.15) is 0 Å². The monoisotopic (exact) mass is 428 g/mol. The summed E-state index contributed by atoms with van der Waals surface area (Å²) in [6.07, 6.45) is 4.36. The molecular weight excluding hydrogens is 401 g/mol. The maximum atomic E-state index is 13.9. The summed E-state index contributed by atoms with van der Waals surface area (Å²) < 4.78 is 13.9. The van der Waals surface area contributed by atoms with Crippen LogP contribution in [0.15, 0.2) is 72.8 Å². The first-order valence-electron chi connectivity index (χ1n) is 11.0. The number of benzene rings is 3. The highest BCUT2D eigenvalue weighted by molar-refractivity contribution is 5.87. The van der Waals surface area contributed by atoms with Gasteiger partial charge in [0.1, 0.15) is 5.82 Å². The Kier molecular flexibility index (Phi) is 8.45. The van der Waals surface area contributed by atoms with Gasteiger partial charge in [0.05, 0.1) is 5.97 Å². The molecule has 3 rings (SSSR count). The van der Waals surface area contributed by atoms with Crippen LogP contribution >= 0.6 is 0 Å². The van der Waals surface area contributed by atoms with Crippen molar-refractivity contribution in [2.24, 2.45) is 0 Å². The highest BCUT2D eigenvalue weighted by atomic mass is 19.1. The van der Waals surface area contributed by atoms with Gasteiger partial charge in [-0.3, -0.25) is 0 Å². The van der Waals surface area contributed by atoms with Crippen LogP contribution in [0.1, 0.15) is 59.7 Å². The summed E-state index contributed by atoms with van der Waals surface area (Å²) in [5.41, 5.74) is 3.23. The van der Waals surface area contributed by atoms with E-state index in [0.29, 0.717) is 12.2 Å². The quantitative estimate of drug-likeness (QED) is 0.349. The smallest absolute Gasteiger partial charge is 0.132 e. The summed E-state index contributed by atoms with van der Waals surface area (Å²) >= 11 is 0. The van der Waals surface area contributed by atoms with E-state index in [9.17, 15) is 14.3 Å². The first-order chi connectivity index (χ1) is 15.6. The number of hydrogen-bond donors (Lipinski definition) is 0. The van der Waals surface area contributed by atoms with Gasteiger partial charge in [-0.1, -0.05) is 68.4 Å². The van der Waals surface area contributed by atoms with E-state index in [-0.39, 0.29) is 0 Å². The van der Waals surface area contributed by atoms with E-state index in [4.69, 9.17) is 0 Å². The minimum atomic E-state index is -1.50. The minimum absolute atomic E-state index is 0.410. The van der Waals surface area contributed by atoms with Gasteiger partial charge < -0.3 is 14.8 Å². The molecule has 32 heavy (non-hydrogen) atoms. The summed E-state index contributed by atoms with van der Waals surface area (Å²) in [4.78, 5) is 13.4. The van der Waals surface area contributed by atoms with Crippen LogP contribution in [0.5, 0.6) is 0 Å². The summed E-state index contributed by atoms with van der Waals surface area (Å²) in [5, 5.41) is 11.3. The minimum Gasteiger partial charge on any atom is -0.545 e. The van der Waals surface area contributed by atoms with Crippen molar-refractivity contribution in [3.8, 4) is 11.8 Å². The lowest BCUT2D eigenvalue weighted by molar-refractivity contribution is -0.255. The second-order valence-corrected chi connectivity index (χ2v) is 7.75. The van der Waals surface area contributed by atoms with Crippen molar-refractivity contribution >= 4 is 11.7 Å². The molecule has 0 aliphatic rings. The highest BCUT2D eigenvalue weighted by Crippen LogP contribution is 2.22. The number of carbonyl (C=O) groups is 1. The van der Waals surface area contributed by atoms with Gasteiger partial charge in [0.15, 0.2) is 0 Å². The second-order valence-electron chi connectivity index (χ2n) is 7.75. The molecule has 0 atom stereocenters. The molecule has 0 aliphatic heterocycles. The number of carboxylic acids is 1. The van der Waals surface area contributed by atoms with Crippen LogP contribution in [-0.2, 0) is 6.54 Å². The van der Waals surface area contributed by atoms with E-state index < -0.39 is 17.3 Å². The van der Waals surface area contributed by atoms with Crippen LogP contribution in [-0.4, -0.2) is 12.5 Å². The molecule has 3 aromatic carbocycles. The number of anilines is 1. The van der Waals surface area contributed by atoms with Gasteiger partial charge >= 0.3 is 0 Å². The summed E-state index contributed by atoms with van der Waals surface area (Å²) in [6, 6.07) is 22.0. The number of rotatable bonds is 9. The Morgan fingerprint density at radius 3 is 2.25 bits per heavy atom. The molecule has 3 nitrogen and oxygen atoms in total. The predicted molar refractivity (Wildman–Crippen MR) is 125 cm³/mol. The van der Waals surface area contributed by atoms with Gasteiger partial charge in [0.25, 0.3) is 0 Å². The summed E-state index contributed by atoms with van der Waals surface area (Å²) in [6.45, 7) is 3.51. The number of nitrogens with zero attached hydrogens (tertiary/aromatic N) is 1. The Hall–Kier alpha value is -3.58. The van der Waals surface area contributed by atoms with Crippen molar-refractivity contribution in [1.82, 2.24) is 0 Å². The SMILES string of the molecule is CCCCCCN(Cc1ccc(C#Cc2ccccc2)cc1)c1ccc(F)c(C(=O)[O-])c1. The number of unbranched alkanes of at least 4 members (excludes halogenated alkanes) is 3. The van der Waals surface area contributed by atoms with Gasteiger partial charge in [-0.25, -0.2) is 4.39 Å². The largest absolute Gasteiger partial charge is 0.545 e. The van der Waals surface area contributed by atoms with Crippen molar-refractivity contribution in [1.29, 1.82) is 0 Å². The molecule has 0 N–H and O–H groups in total. The van der Waals surface area contributed by atoms with Crippen LogP contribution in [0.3, 0.4) is 0 Å². The topological polar surface area (TPSA) is 43.4 Å². The van der Waals surface area contributed by atoms with Crippen LogP contribution in [0.25, 0.3) is 0 Å². The third-order valence-electron chi connectivity index (χ3n) is 5.27. The van der Waals surface area contributed by atoms with Gasteiger partial charge in [-0.15, -0.1) is 0 Å². The zero-order valence-electron chi connectivity index (χ0n) is 18.3. The van der Waals surface area contributed by atoms with Gasteiger partial charge in [0.2, 0.25) is 0 Å². The fourth-order valence-electron chi connectivity index (χ4n) is 3.47. The Balaban J connectivity index is 1.76. The first kappa shape index (κ1) is 23.1. The molecule has 0 amide bonds. The molecule has 0 aromatic heterocycles. The molecule has 4 heteroatoms. The number of halogens is 1. The molecule has 0 saturated heterocycles. The molecule has 0 saturated carbocycles. The van der Waals surface area contributed by atoms with Crippen molar-refractivity contribution in [2.75, 3.05) is 11.4 Å². The van der Waals surface area contributed by atoms with E-state index in [1.165, 1.54) is 12.1 Å². The van der Waals surface area contributed by atoms with Crippen molar-refractivity contribution in [3.63, 3.8) is 0 Å². The average molecular weight is 429 g/mol. The van der Waals surface area contributed by atoms with Crippen LogP contribution in [0.2, 0.25) is 0 Å². The van der Waals surface area contributed by atoms with Gasteiger partial charge in [0, 0.05) is 35.5 Å². The molecular formula is C28H27FNO2-. The molecule has 0 spiro atoms. The van der Waals surface area contributed by atoms with Crippen molar-refractivity contribution in [3.05, 3.63) is 101 Å². The third kappa shape index (κ3) is 6.72. The number of hydrogen-bond acceptors (Lipinski definition) is 3. The Labute approximate surface area is 189 Å². The molecule has 164 valence electrons. The molecule has 0 fully saturated rings. The fourth-order valence-corrected chi connectivity index (χ4v) is 3.47. The van der Waals surface area contributed by atoms with Crippen molar-refractivity contribution in [2.45, 2.75) is 39.2 Å². The molecule has 0 unspecified atom stereocenters. The zero-order valence-corrected chi connectivity index (χ0v) is 18.3. The predicted octanol–water partition coefficient (Wildman–Crippen LogP) is 5.18. The van der Waals surface area contributed by atoms with Crippen molar-refractivity contribution < 1.29 is 14.3 Å². The van der Waals surface area contributed by atoms with Gasteiger partial charge in [-0.05, 0) is 54.4 Å². The molecule has 0 heterocycles. The van der Waals surface area contributed by atoms with Crippen LogP contribution in [0.4, 0.5) is 10.1 Å². The van der Waals surface area contributed by atoms with E-state index in [2.05, 4.69) is 23.7 Å². The lowest BCUT2D eigenvalue weighted by atomic mass is 10.1.